The molecule has 0 bridgehead atoms. The Morgan fingerprint density at radius 2 is 2.17 bits per heavy atom. The number of methoxy groups -OCH3 is 1. The lowest BCUT2D eigenvalue weighted by atomic mass is 9.96. The van der Waals surface area contributed by atoms with E-state index >= 15 is 0 Å². The van der Waals surface area contributed by atoms with Crippen LogP contribution in [0.2, 0.25) is 0 Å². The molecule has 1 atom stereocenters. The number of rotatable bonds is 8. The van der Waals surface area contributed by atoms with Crippen LogP contribution in [0.5, 0.6) is 0 Å². The highest BCUT2D eigenvalue weighted by molar-refractivity contribution is 5.08. The highest BCUT2D eigenvalue weighted by Gasteiger charge is 2.25. The maximum atomic E-state index is 5.54. The Balaban J connectivity index is 2.86. The van der Waals surface area contributed by atoms with Gasteiger partial charge in [-0.1, -0.05) is 13.8 Å². The molecule has 0 aromatic carbocycles. The predicted molar refractivity (Wildman–Crippen MR) is 74.6 cm³/mol. The molecule has 0 amide bonds. The van der Waals surface area contributed by atoms with Crippen molar-refractivity contribution in [2.45, 2.75) is 58.7 Å². The lowest BCUT2D eigenvalue weighted by Crippen LogP contribution is -2.33. The monoisotopic (exact) mass is 253 g/mol. The number of aromatic nitrogens is 2. The van der Waals surface area contributed by atoms with Gasteiger partial charge in [0, 0.05) is 19.9 Å². The molecule has 1 heterocycles. The third kappa shape index (κ3) is 4.10. The summed E-state index contributed by atoms with van der Waals surface area (Å²) in [7, 11) is 1.77. The molecule has 0 saturated carbocycles. The first-order chi connectivity index (χ1) is 8.54. The molecule has 18 heavy (non-hydrogen) atoms. The first-order valence-corrected chi connectivity index (χ1v) is 6.84. The molecule has 1 N–H and O–H groups in total. The lowest BCUT2D eigenvalue weighted by Gasteiger charge is -2.29. The highest BCUT2D eigenvalue weighted by atomic mass is 16.5. The summed E-state index contributed by atoms with van der Waals surface area (Å²) in [4.78, 5) is 0. The van der Waals surface area contributed by atoms with Crippen molar-refractivity contribution in [2.75, 3.05) is 13.7 Å². The van der Waals surface area contributed by atoms with Crippen molar-refractivity contribution in [3.8, 4) is 0 Å². The summed E-state index contributed by atoms with van der Waals surface area (Å²) in [6, 6.07) is 2.40. The van der Waals surface area contributed by atoms with E-state index in [2.05, 4.69) is 48.9 Å². The second-order valence-corrected chi connectivity index (χ2v) is 5.26. The summed E-state index contributed by atoms with van der Waals surface area (Å²) in [6.07, 6.45) is 3.92. The molecule has 0 radical (unpaired) electrons. The van der Waals surface area contributed by atoms with Gasteiger partial charge in [-0.25, -0.2) is 0 Å². The summed E-state index contributed by atoms with van der Waals surface area (Å²) in [5.41, 5.74) is 1.12. The standard InChI is InChI=1S/C14H27N3O/c1-6-10-17-13(8-9-16-17)12(15-7-2)11-14(3,4)18-5/h8-9,12,15H,6-7,10-11H2,1-5H3. The molecule has 0 aliphatic heterocycles. The number of aryl methyl sites for hydroxylation is 1. The molecule has 0 aliphatic carbocycles. The Kier molecular flexibility index (Phi) is 5.82. The molecular formula is C14H27N3O. The van der Waals surface area contributed by atoms with Crippen molar-refractivity contribution in [3.05, 3.63) is 18.0 Å². The molecule has 0 aliphatic rings. The number of hydrogen-bond donors (Lipinski definition) is 1. The van der Waals surface area contributed by atoms with Crippen LogP contribution >= 0.6 is 0 Å². The molecular weight excluding hydrogens is 226 g/mol. The number of ether oxygens (including phenoxy) is 1. The van der Waals surface area contributed by atoms with Crippen LogP contribution in [0.1, 0.15) is 52.3 Å². The van der Waals surface area contributed by atoms with Crippen molar-refractivity contribution in [3.63, 3.8) is 0 Å². The van der Waals surface area contributed by atoms with Gasteiger partial charge in [0.05, 0.1) is 17.3 Å². The summed E-state index contributed by atoms with van der Waals surface area (Å²) in [5, 5.41) is 7.93. The van der Waals surface area contributed by atoms with Crippen molar-refractivity contribution in [2.24, 2.45) is 0 Å². The van der Waals surface area contributed by atoms with E-state index in [0.717, 1.165) is 25.9 Å². The van der Waals surface area contributed by atoms with Crippen LogP contribution in [0.4, 0.5) is 0 Å². The maximum absolute atomic E-state index is 5.54. The van der Waals surface area contributed by atoms with Gasteiger partial charge in [-0.3, -0.25) is 4.68 Å². The Hall–Kier alpha value is -0.870. The third-order valence-corrected chi connectivity index (χ3v) is 3.24. The molecule has 1 aromatic heterocycles. The van der Waals surface area contributed by atoms with Crippen LogP contribution in [-0.4, -0.2) is 29.0 Å². The fourth-order valence-electron chi connectivity index (χ4n) is 2.14. The van der Waals surface area contributed by atoms with Gasteiger partial charge in [0.15, 0.2) is 0 Å². The van der Waals surface area contributed by atoms with E-state index in [0.29, 0.717) is 6.04 Å². The fourth-order valence-corrected chi connectivity index (χ4v) is 2.14. The van der Waals surface area contributed by atoms with E-state index in [9.17, 15) is 0 Å². The summed E-state index contributed by atoms with van der Waals surface area (Å²) < 4.78 is 7.64. The van der Waals surface area contributed by atoms with Crippen LogP contribution in [-0.2, 0) is 11.3 Å². The van der Waals surface area contributed by atoms with Crippen molar-refractivity contribution >= 4 is 0 Å². The molecule has 0 saturated heterocycles. The number of nitrogens with zero attached hydrogens (tertiary/aromatic N) is 2. The Morgan fingerprint density at radius 3 is 2.72 bits per heavy atom. The molecule has 1 rings (SSSR count). The minimum atomic E-state index is -0.131. The summed E-state index contributed by atoms with van der Waals surface area (Å²) >= 11 is 0. The van der Waals surface area contributed by atoms with Crippen LogP contribution in [0.15, 0.2) is 12.3 Å². The van der Waals surface area contributed by atoms with Gasteiger partial charge >= 0.3 is 0 Å². The van der Waals surface area contributed by atoms with Gasteiger partial charge in [-0.2, -0.15) is 5.10 Å². The van der Waals surface area contributed by atoms with Gasteiger partial charge in [0.25, 0.3) is 0 Å². The minimum absolute atomic E-state index is 0.131. The highest BCUT2D eigenvalue weighted by Crippen LogP contribution is 2.25. The van der Waals surface area contributed by atoms with Crippen molar-refractivity contribution < 1.29 is 4.74 Å². The summed E-state index contributed by atoms with van der Waals surface area (Å²) in [5.74, 6) is 0. The average molecular weight is 253 g/mol. The second kappa shape index (κ2) is 6.90. The molecule has 104 valence electrons. The van der Waals surface area contributed by atoms with Gasteiger partial charge < -0.3 is 10.1 Å². The van der Waals surface area contributed by atoms with E-state index in [1.807, 2.05) is 6.20 Å². The first kappa shape index (κ1) is 15.2. The van der Waals surface area contributed by atoms with Crippen molar-refractivity contribution in [1.82, 2.24) is 15.1 Å². The zero-order chi connectivity index (χ0) is 13.6. The zero-order valence-electron chi connectivity index (χ0n) is 12.4. The minimum Gasteiger partial charge on any atom is -0.379 e. The van der Waals surface area contributed by atoms with Crippen LogP contribution < -0.4 is 5.32 Å². The average Bonchev–Trinajstić information content (AvgIpc) is 2.77. The second-order valence-electron chi connectivity index (χ2n) is 5.26. The van der Waals surface area contributed by atoms with E-state index in [-0.39, 0.29) is 5.60 Å². The predicted octanol–water partition coefficient (Wildman–Crippen LogP) is 2.76. The largest absolute Gasteiger partial charge is 0.379 e. The Morgan fingerprint density at radius 1 is 1.44 bits per heavy atom. The number of nitrogens with one attached hydrogen (secondary N) is 1. The first-order valence-electron chi connectivity index (χ1n) is 6.84. The van der Waals surface area contributed by atoms with Gasteiger partial charge in [0.2, 0.25) is 0 Å². The topological polar surface area (TPSA) is 39.1 Å². The lowest BCUT2D eigenvalue weighted by molar-refractivity contribution is 0.00625. The fraction of sp³-hybridized carbons (Fsp3) is 0.786. The van der Waals surface area contributed by atoms with E-state index in [1.54, 1.807) is 7.11 Å². The molecule has 0 spiro atoms. The smallest absolute Gasteiger partial charge is 0.0641 e. The Labute approximate surface area is 111 Å². The van der Waals surface area contributed by atoms with Crippen molar-refractivity contribution in [1.29, 1.82) is 0 Å². The molecule has 1 aromatic rings. The normalized spacial score (nSPS) is 13.8. The SMILES string of the molecule is CCCn1nccc1C(CC(C)(C)OC)NCC. The van der Waals surface area contributed by atoms with Gasteiger partial charge in [-0.15, -0.1) is 0 Å². The molecule has 0 fully saturated rings. The van der Waals surface area contributed by atoms with E-state index in [1.165, 1.54) is 5.69 Å². The summed E-state index contributed by atoms with van der Waals surface area (Å²) in [6.45, 7) is 10.5. The van der Waals surface area contributed by atoms with Gasteiger partial charge in [0.1, 0.15) is 0 Å². The maximum Gasteiger partial charge on any atom is 0.0641 e. The van der Waals surface area contributed by atoms with Crippen LogP contribution in [0.25, 0.3) is 0 Å². The van der Waals surface area contributed by atoms with Crippen LogP contribution in [0, 0.1) is 0 Å². The van der Waals surface area contributed by atoms with Crippen LogP contribution in [0.3, 0.4) is 0 Å². The molecule has 1 unspecified atom stereocenters. The molecule has 4 heteroatoms. The Bertz CT molecular complexity index is 347. The van der Waals surface area contributed by atoms with Gasteiger partial charge in [-0.05, 0) is 39.3 Å². The van der Waals surface area contributed by atoms with E-state index in [4.69, 9.17) is 4.74 Å². The zero-order valence-corrected chi connectivity index (χ0v) is 12.4. The quantitative estimate of drug-likeness (QED) is 0.774. The third-order valence-electron chi connectivity index (χ3n) is 3.24. The number of hydrogen-bond acceptors (Lipinski definition) is 3. The van der Waals surface area contributed by atoms with E-state index < -0.39 is 0 Å². The molecule has 4 nitrogen and oxygen atoms in total.